The van der Waals surface area contributed by atoms with E-state index in [0.717, 1.165) is 26.9 Å². The summed E-state index contributed by atoms with van der Waals surface area (Å²) in [5.74, 6) is -0.375. The van der Waals surface area contributed by atoms with Crippen molar-refractivity contribution in [1.82, 2.24) is 4.40 Å². The van der Waals surface area contributed by atoms with Crippen molar-refractivity contribution < 1.29 is 14.3 Å². The van der Waals surface area contributed by atoms with Crippen LogP contribution in [-0.2, 0) is 4.74 Å². The molecule has 4 aromatic rings. The van der Waals surface area contributed by atoms with Crippen LogP contribution in [0.1, 0.15) is 43.6 Å². The molecule has 3 aromatic heterocycles. The van der Waals surface area contributed by atoms with Crippen molar-refractivity contribution >= 4 is 38.8 Å². The molecule has 0 bridgehead atoms. The highest BCUT2D eigenvalue weighted by molar-refractivity contribution is 7.21. The second kappa shape index (κ2) is 6.67. The van der Waals surface area contributed by atoms with E-state index in [-0.39, 0.29) is 11.8 Å². The van der Waals surface area contributed by atoms with E-state index < -0.39 is 0 Å². The van der Waals surface area contributed by atoms with Gasteiger partial charge in [-0.15, -0.1) is 11.3 Å². The SMILES string of the molecule is CCOC(=O)c1c2sc(C(=O)c3ccccc3)c(C)c2n2ccc(C)cc12. The third-order valence-electron chi connectivity index (χ3n) is 4.67. The minimum Gasteiger partial charge on any atom is -0.462 e. The third kappa shape index (κ3) is 2.75. The maximum absolute atomic E-state index is 13.0. The Balaban J connectivity index is 2.01. The number of hydrogen-bond donors (Lipinski definition) is 0. The molecule has 136 valence electrons. The summed E-state index contributed by atoms with van der Waals surface area (Å²) in [6, 6.07) is 13.2. The number of thiophene rings is 1. The highest BCUT2D eigenvalue weighted by Gasteiger charge is 2.26. The molecule has 3 heterocycles. The molecule has 5 heteroatoms. The number of benzene rings is 1. The monoisotopic (exact) mass is 377 g/mol. The largest absolute Gasteiger partial charge is 0.462 e. The zero-order valence-electron chi connectivity index (χ0n) is 15.4. The number of esters is 1. The highest BCUT2D eigenvalue weighted by Crippen LogP contribution is 2.39. The lowest BCUT2D eigenvalue weighted by Crippen LogP contribution is -2.04. The smallest absolute Gasteiger partial charge is 0.341 e. The zero-order chi connectivity index (χ0) is 19.1. The number of hydrogen-bond acceptors (Lipinski definition) is 4. The molecule has 0 aliphatic rings. The highest BCUT2D eigenvalue weighted by atomic mass is 32.1. The lowest BCUT2D eigenvalue weighted by molar-refractivity contribution is 0.0531. The second-order valence-electron chi connectivity index (χ2n) is 6.48. The maximum Gasteiger partial charge on any atom is 0.341 e. The van der Waals surface area contributed by atoms with Gasteiger partial charge in [0, 0.05) is 11.8 Å². The first kappa shape index (κ1) is 17.5. The molecular weight excluding hydrogens is 358 g/mol. The number of carbonyl (C=O) groups excluding carboxylic acids is 2. The van der Waals surface area contributed by atoms with Crippen LogP contribution < -0.4 is 0 Å². The van der Waals surface area contributed by atoms with Crippen LogP contribution in [0.15, 0.2) is 48.7 Å². The molecule has 0 radical (unpaired) electrons. The summed E-state index contributed by atoms with van der Waals surface area (Å²) in [6.45, 7) is 6.04. The Morgan fingerprint density at radius 1 is 1.11 bits per heavy atom. The van der Waals surface area contributed by atoms with Crippen molar-refractivity contribution in [3.63, 3.8) is 0 Å². The Bertz CT molecular complexity index is 1180. The van der Waals surface area contributed by atoms with Crippen molar-refractivity contribution in [3.05, 3.63) is 75.8 Å². The molecule has 0 aliphatic heterocycles. The van der Waals surface area contributed by atoms with Gasteiger partial charge in [0.25, 0.3) is 0 Å². The molecule has 0 spiro atoms. The average molecular weight is 377 g/mol. The fourth-order valence-electron chi connectivity index (χ4n) is 3.41. The predicted molar refractivity (Wildman–Crippen MR) is 108 cm³/mol. The summed E-state index contributed by atoms with van der Waals surface area (Å²) in [5, 5.41) is 0. The lowest BCUT2D eigenvalue weighted by atomic mass is 10.1. The van der Waals surface area contributed by atoms with Gasteiger partial charge in [0.1, 0.15) is 5.56 Å². The van der Waals surface area contributed by atoms with Crippen LogP contribution >= 0.6 is 11.3 Å². The van der Waals surface area contributed by atoms with Crippen molar-refractivity contribution in [2.24, 2.45) is 0 Å². The fourth-order valence-corrected chi connectivity index (χ4v) is 4.71. The molecule has 0 aliphatic carbocycles. The second-order valence-corrected chi connectivity index (χ2v) is 7.50. The molecule has 4 nitrogen and oxygen atoms in total. The van der Waals surface area contributed by atoms with Crippen molar-refractivity contribution in [2.75, 3.05) is 6.61 Å². The summed E-state index contributed by atoms with van der Waals surface area (Å²) in [4.78, 5) is 26.4. The Hall–Kier alpha value is -2.92. The van der Waals surface area contributed by atoms with Gasteiger partial charge in [-0.1, -0.05) is 30.3 Å². The van der Waals surface area contributed by atoms with E-state index in [1.54, 1.807) is 6.92 Å². The van der Waals surface area contributed by atoms with Crippen LogP contribution in [0, 0.1) is 13.8 Å². The summed E-state index contributed by atoms with van der Waals surface area (Å²) < 4.78 is 8.10. The van der Waals surface area contributed by atoms with Crippen LogP contribution in [0.25, 0.3) is 15.7 Å². The third-order valence-corrected chi connectivity index (χ3v) is 5.97. The van der Waals surface area contributed by atoms with Crippen LogP contribution in [0.2, 0.25) is 0 Å². The van der Waals surface area contributed by atoms with E-state index in [2.05, 4.69) is 0 Å². The quantitative estimate of drug-likeness (QED) is 0.364. The Morgan fingerprint density at radius 3 is 2.56 bits per heavy atom. The van der Waals surface area contributed by atoms with Gasteiger partial charge in [-0.05, 0) is 44.0 Å². The molecular formula is C22H19NO3S. The predicted octanol–water partition coefficient (Wildman–Crippen LogP) is 5.18. The number of ether oxygens (including phenoxy) is 1. The number of carbonyl (C=O) groups is 2. The van der Waals surface area contributed by atoms with E-state index in [1.165, 1.54) is 11.3 Å². The van der Waals surface area contributed by atoms with Crippen LogP contribution in [0.5, 0.6) is 0 Å². The first-order valence-corrected chi connectivity index (χ1v) is 9.65. The van der Waals surface area contributed by atoms with Crippen LogP contribution in [0.4, 0.5) is 0 Å². The standard InChI is InChI=1S/C22H19NO3S/c1-4-26-22(25)17-16-12-13(2)10-11-23(16)18-14(3)20(27-21(17)18)19(24)15-8-6-5-7-9-15/h5-12H,4H2,1-3H3. The number of fused-ring (bicyclic) bond motifs is 3. The Morgan fingerprint density at radius 2 is 1.85 bits per heavy atom. The van der Waals surface area contributed by atoms with Crippen molar-refractivity contribution in [3.8, 4) is 0 Å². The number of nitrogens with zero attached hydrogens (tertiary/aromatic N) is 1. The number of aryl methyl sites for hydroxylation is 2. The van der Waals surface area contributed by atoms with Gasteiger partial charge < -0.3 is 9.14 Å². The molecule has 4 rings (SSSR count). The molecule has 1 aromatic carbocycles. The number of ketones is 1. The Labute approximate surface area is 161 Å². The average Bonchev–Trinajstić information content (AvgIpc) is 3.16. The van der Waals surface area contributed by atoms with Gasteiger partial charge in [0.2, 0.25) is 5.78 Å². The van der Waals surface area contributed by atoms with Crippen molar-refractivity contribution in [1.29, 1.82) is 0 Å². The summed E-state index contributed by atoms with van der Waals surface area (Å²) in [5.41, 5.74) is 4.85. The minimum absolute atomic E-state index is 0.0232. The minimum atomic E-state index is -0.351. The first-order valence-electron chi connectivity index (χ1n) is 8.83. The molecule has 0 atom stereocenters. The lowest BCUT2D eigenvalue weighted by Gasteiger charge is -2.04. The summed E-state index contributed by atoms with van der Waals surface area (Å²) in [7, 11) is 0. The normalized spacial score (nSPS) is 11.2. The molecule has 0 saturated heterocycles. The van der Waals surface area contributed by atoms with Gasteiger partial charge in [-0.25, -0.2) is 4.79 Å². The van der Waals surface area contributed by atoms with Crippen molar-refractivity contribution in [2.45, 2.75) is 20.8 Å². The van der Waals surface area contributed by atoms with E-state index in [9.17, 15) is 9.59 Å². The number of rotatable bonds is 4. The zero-order valence-corrected chi connectivity index (χ0v) is 16.2. The molecule has 27 heavy (non-hydrogen) atoms. The number of pyridine rings is 1. The van der Waals surface area contributed by atoms with Gasteiger partial charge in [0.15, 0.2) is 0 Å². The summed E-state index contributed by atoms with van der Waals surface area (Å²) >= 11 is 1.37. The summed E-state index contributed by atoms with van der Waals surface area (Å²) in [6.07, 6.45) is 1.95. The van der Waals surface area contributed by atoms with E-state index in [4.69, 9.17) is 4.74 Å². The van der Waals surface area contributed by atoms with E-state index in [1.807, 2.05) is 66.9 Å². The van der Waals surface area contributed by atoms with Crippen LogP contribution in [0.3, 0.4) is 0 Å². The van der Waals surface area contributed by atoms with Crippen LogP contribution in [-0.4, -0.2) is 22.8 Å². The molecule has 0 saturated carbocycles. The maximum atomic E-state index is 13.0. The van der Waals surface area contributed by atoms with Gasteiger partial charge in [-0.3, -0.25) is 4.79 Å². The molecule has 0 N–H and O–H groups in total. The fraction of sp³-hybridized carbons (Fsp3) is 0.182. The van der Waals surface area contributed by atoms with Gasteiger partial charge in [-0.2, -0.15) is 0 Å². The number of aromatic nitrogens is 1. The molecule has 0 unspecified atom stereocenters. The first-order chi connectivity index (χ1) is 13.0. The van der Waals surface area contributed by atoms with Gasteiger partial charge in [0.05, 0.1) is 27.2 Å². The topological polar surface area (TPSA) is 47.8 Å². The van der Waals surface area contributed by atoms with Gasteiger partial charge >= 0.3 is 5.97 Å². The molecule has 0 amide bonds. The van der Waals surface area contributed by atoms with E-state index >= 15 is 0 Å². The molecule has 0 fully saturated rings. The van der Waals surface area contributed by atoms with E-state index in [0.29, 0.717) is 22.6 Å². The Kier molecular flexibility index (Phi) is 4.32.